The standard InChI is InChI=1S/C13H14O2.C11H16.C8H17NO.C7H9N/c1-10(9-14)13-7-5-12(6-8-13)4-3-11(2)15;1-9-5-7-10(8-6-9)11(2,3)4;1-3-8(2)9-4-6-10-7-5-9;1-6-4-2-3-5-7(6)8/h3-10H,1-2H3;5-8H,1-4H3;8H,3-7H2,1-2H3;2-5H,8H2,1H3/b4-3+;;;. The number of allylic oxidation sites excluding steroid dienone is 1. The lowest BCUT2D eigenvalue weighted by molar-refractivity contribution is -0.112. The summed E-state index contributed by atoms with van der Waals surface area (Å²) < 4.78 is 5.25. The fraction of sp³-hybridized carbons (Fsp3) is 0.436. The molecule has 0 amide bonds. The molecule has 0 aromatic heterocycles. The largest absolute Gasteiger partial charge is 0.399 e. The molecule has 2 atom stereocenters. The number of hydrogen-bond acceptors (Lipinski definition) is 5. The Morgan fingerprint density at radius 3 is 1.93 bits per heavy atom. The van der Waals surface area contributed by atoms with Crippen molar-refractivity contribution in [3.05, 3.63) is 107 Å². The van der Waals surface area contributed by atoms with Gasteiger partial charge in [0.2, 0.25) is 0 Å². The van der Waals surface area contributed by atoms with Crippen molar-refractivity contribution in [3.8, 4) is 0 Å². The number of rotatable bonds is 6. The smallest absolute Gasteiger partial charge is 0.152 e. The molecule has 1 heterocycles. The van der Waals surface area contributed by atoms with Crippen LogP contribution in [0.4, 0.5) is 5.69 Å². The van der Waals surface area contributed by atoms with E-state index in [1.165, 1.54) is 30.5 Å². The highest BCUT2D eigenvalue weighted by Gasteiger charge is 2.14. The van der Waals surface area contributed by atoms with Gasteiger partial charge in [-0.1, -0.05) is 113 Å². The zero-order chi connectivity index (χ0) is 33.1. The summed E-state index contributed by atoms with van der Waals surface area (Å²) in [6.07, 6.45) is 5.45. The van der Waals surface area contributed by atoms with Crippen molar-refractivity contribution in [2.45, 2.75) is 86.1 Å². The third kappa shape index (κ3) is 15.8. The maximum absolute atomic E-state index is 10.7. The topological polar surface area (TPSA) is 72.6 Å². The molecular weight excluding hydrogens is 544 g/mol. The Hall–Kier alpha value is -3.54. The van der Waals surface area contributed by atoms with E-state index in [0.29, 0.717) is 0 Å². The molecule has 2 unspecified atom stereocenters. The quantitative estimate of drug-likeness (QED) is 0.174. The van der Waals surface area contributed by atoms with E-state index in [4.69, 9.17) is 10.5 Å². The number of nitrogen functional groups attached to an aromatic ring is 1. The van der Waals surface area contributed by atoms with Crippen molar-refractivity contribution < 1.29 is 14.3 Å². The molecule has 1 aliphatic rings. The first-order valence-electron chi connectivity index (χ1n) is 15.7. The highest BCUT2D eigenvalue weighted by molar-refractivity contribution is 5.91. The van der Waals surface area contributed by atoms with Crippen LogP contribution in [0.15, 0.2) is 78.9 Å². The van der Waals surface area contributed by atoms with Gasteiger partial charge >= 0.3 is 0 Å². The molecule has 0 saturated carbocycles. The Morgan fingerprint density at radius 2 is 1.50 bits per heavy atom. The number of nitrogens with two attached hydrogens (primary N) is 1. The fourth-order valence-electron chi connectivity index (χ4n) is 4.12. The van der Waals surface area contributed by atoms with Crippen LogP contribution < -0.4 is 5.73 Å². The average Bonchev–Trinajstić information content (AvgIpc) is 3.02. The molecule has 3 aromatic carbocycles. The number of aldehydes is 1. The van der Waals surface area contributed by atoms with Crippen LogP contribution in [0.3, 0.4) is 0 Å². The van der Waals surface area contributed by atoms with E-state index in [9.17, 15) is 9.59 Å². The van der Waals surface area contributed by atoms with Gasteiger partial charge in [0.05, 0.1) is 13.2 Å². The van der Waals surface area contributed by atoms with Crippen LogP contribution in [0, 0.1) is 13.8 Å². The first-order valence-corrected chi connectivity index (χ1v) is 15.7. The van der Waals surface area contributed by atoms with Crippen LogP contribution in [-0.4, -0.2) is 49.3 Å². The summed E-state index contributed by atoms with van der Waals surface area (Å²) in [5.74, 6) is -0.0452. The Kier molecular flexibility index (Phi) is 17.9. The predicted molar refractivity (Wildman–Crippen MR) is 188 cm³/mol. The van der Waals surface area contributed by atoms with Crippen LogP contribution >= 0.6 is 0 Å². The van der Waals surface area contributed by atoms with Gasteiger partial charge in [0.1, 0.15) is 6.29 Å². The van der Waals surface area contributed by atoms with Gasteiger partial charge in [-0.05, 0) is 73.9 Å². The lowest BCUT2D eigenvalue weighted by atomic mass is 9.87. The van der Waals surface area contributed by atoms with Gasteiger partial charge in [0, 0.05) is 30.7 Å². The van der Waals surface area contributed by atoms with E-state index in [-0.39, 0.29) is 17.1 Å². The molecule has 240 valence electrons. The van der Waals surface area contributed by atoms with E-state index in [1.807, 2.05) is 62.4 Å². The van der Waals surface area contributed by atoms with Gasteiger partial charge < -0.3 is 15.3 Å². The van der Waals surface area contributed by atoms with E-state index < -0.39 is 0 Å². The third-order valence-electron chi connectivity index (χ3n) is 7.54. The molecule has 0 aliphatic carbocycles. The Bertz CT molecular complexity index is 1230. The summed E-state index contributed by atoms with van der Waals surface area (Å²) in [7, 11) is 0. The van der Waals surface area contributed by atoms with Gasteiger partial charge in [-0.2, -0.15) is 0 Å². The molecule has 44 heavy (non-hydrogen) atoms. The molecule has 5 heteroatoms. The lowest BCUT2D eigenvalue weighted by Gasteiger charge is -2.31. The number of carbonyl (C=O) groups is 2. The maximum Gasteiger partial charge on any atom is 0.152 e. The SMILES string of the molecule is CC(=O)/C=C/c1ccc(C(C)C=O)cc1.CCC(C)N1CCOCC1.Cc1ccc(C(C)(C)C)cc1.Cc1ccccc1N. The minimum absolute atomic E-state index is 0.0281. The first kappa shape index (κ1) is 38.5. The van der Waals surface area contributed by atoms with Gasteiger partial charge in [-0.15, -0.1) is 0 Å². The normalized spacial score (nSPS) is 14.5. The van der Waals surface area contributed by atoms with E-state index in [0.717, 1.165) is 61.0 Å². The summed E-state index contributed by atoms with van der Waals surface area (Å²) in [6.45, 7) is 22.8. The second kappa shape index (κ2) is 20.4. The highest BCUT2D eigenvalue weighted by Crippen LogP contribution is 2.21. The number of nitrogens with zero attached hydrogens (tertiary/aromatic N) is 1. The highest BCUT2D eigenvalue weighted by atomic mass is 16.5. The zero-order valence-corrected chi connectivity index (χ0v) is 28.6. The third-order valence-corrected chi connectivity index (χ3v) is 7.54. The van der Waals surface area contributed by atoms with E-state index in [2.05, 4.69) is 70.7 Å². The summed E-state index contributed by atoms with van der Waals surface area (Å²) in [4.78, 5) is 23.7. The van der Waals surface area contributed by atoms with Gasteiger partial charge in [-0.25, -0.2) is 0 Å². The fourth-order valence-corrected chi connectivity index (χ4v) is 4.12. The molecule has 5 nitrogen and oxygen atoms in total. The van der Waals surface area contributed by atoms with Crippen molar-refractivity contribution in [1.82, 2.24) is 4.90 Å². The van der Waals surface area contributed by atoms with Crippen molar-refractivity contribution in [2.75, 3.05) is 32.0 Å². The molecular formula is C39H56N2O3. The maximum atomic E-state index is 10.7. The molecule has 4 rings (SSSR count). The minimum Gasteiger partial charge on any atom is -0.399 e. The second-order valence-electron chi connectivity index (χ2n) is 12.4. The van der Waals surface area contributed by atoms with Crippen LogP contribution in [0.1, 0.15) is 88.6 Å². The number of hydrogen-bond donors (Lipinski definition) is 1. The van der Waals surface area contributed by atoms with E-state index >= 15 is 0 Å². The first-order chi connectivity index (χ1) is 20.8. The summed E-state index contributed by atoms with van der Waals surface area (Å²) >= 11 is 0. The van der Waals surface area contributed by atoms with Crippen LogP contribution in [0.5, 0.6) is 0 Å². The molecule has 0 bridgehead atoms. The predicted octanol–water partition coefficient (Wildman–Crippen LogP) is 8.58. The Labute approximate surface area is 267 Å². The number of aryl methyl sites for hydroxylation is 2. The van der Waals surface area contributed by atoms with Crippen molar-refractivity contribution in [1.29, 1.82) is 0 Å². The Morgan fingerprint density at radius 1 is 0.932 bits per heavy atom. The molecule has 1 fully saturated rings. The monoisotopic (exact) mass is 600 g/mol. The van der Waals surface area contributed by atoms with Crippen molar-refractivity contribution in [2.24, 2.45) is 0 Å². The van der Waals surface area contributed by atoms with E-state index in [1.54, 1.807) is 6.08 Å². The number of ether oxygens (including phenoxy) is 1. The van der Waals surface area contributed by atoms with Crippen LogP contribution in [0.25, 0.3) is 6.08 Å². The number of benzene rings is 3. The van der Waals surface area contributed by atoms with Crippen LogP contribution in [-0.2, 0) is 19.7 Å². The lowest BCUT2D eigenvalue weighted by Crippen LogP contribution is -2.41. The summed E-state index contributed by atoms with van der Waals surface area (Å²) in [6, 6.07) is 24.9. The number of anilines is 1. The van der Waals surface area contributed by atoms with Crippen molar-refractivity contribution >= 4 is 23.8 Å². The summed E-state index contributed by atoms with van der Waals surface area (Å²) in [5, 5.41) is 0. The zero-order valence-electron chi connectivity index (χ0n) is 28.6. The number of para-hydroxylation sites is 1. The Balaban J connectivity index is 0.000000301. The van der Waals surface area contributed by atoms with Gasteiger partial charge in [-0.3, -0.25) is 9.69 Å². The average molecular weight is 601 g/mol. The molecule has 1 saturated heterocycles. The summed E-state index contributed by atoms with van der Waals surface area (Å²) in [5.41, 5.74) is 12.5. The number of morpholine rings is 1. The number of ketones is 1. The van der Waals surface area contributed by atoms with Crippen LogP contribution in [0.2, 0.25) is 0 Å². The molecule has 3 aromatic rings. The van der Waals surface area contributed by atoms with Gasteiger partial charge in [0.25, 0.3) is 0 Å². The van der Waals surface area contributed by atoms with Gasteiger partial charge in [0.15, 0.2) is 5.78 Å². The number of carbonyl (C=O) groups excluding carboxylic acids is 2. The second-order valence-corrected chi connectivity index (χ2v) is 12.4. The molecule has 0 radical (unpaired) electrons. The molecule has 1 aliphatic heterocycles. The molecule has 2 N–H and O–H groups in total. The molecule has 0 spiro atoms. The minimum atomic E-state index is -0.0733. The van der Waals surface area contributed by atoms with Crippen molar-refractivity contribution in [3.63, 3.8) is 0 Å².